The van der Waals surface area contributed by atoms with E-state index in [4.69, 9.17) is 4.74 Å². The van der Waals surface area contributed by atoms with E-state index >= 15 is 0 Å². The third-order valence-electron chi connectivity index (χ3n) is 3.82. The summed E-state index contributed by atoms with van der Waals surface area (Å²) in [5, 5.41) is 5.38. The first-order valence-electron chi connectivity index (χ1n) is 7.95. The number of hydrogen-bond donors (Lipinski definition) is 2. The van der Waals surface area contributed by atoms with E-state index in [0.717, 1.165) is 5.56 Å². The molecule has 0 saturated carbocycles. The minimum atomic E-state index is -0.337. The van der Waals surface area contributed by atoms with Gasteiger partial charge in [0.15, 0.2) is 0 Å². The lowest BCUT2D eigenvalue weighted by atomic mass is 10.1. The molecule has 2 rings (SSSR count). The monoisotopic (exact) mass is 333 g/mol. The Bertz CT molecular complexity index is 576. The number of amides is 3. The molecule has 7 heteroatoms. The highest BCUT2D eigenvalue weighted by atomic mass is 16.5. The summed E-state index contributed by atoms with van der Waals surface area (Å²) in [6, 6.07) is 9.71. The molecule has 1 fully saturated rings. The molecule has 1 atom stereocenters. The molecule has 7 nitrogen and oxygen atoms in total. The van der Waals surface area contributed by atoms with Gasteiger partial charge < -0.3 is 20.3 Å². The number of methoxy groups -OCH3 is 1. The maximum atomic E-state index is 12.1. The zero-order chi connectivity index (χ0) is 17.4. The van der Waals surface area contributed by atoms with Crippen LogP contribution in [-0.4, -0.2) is 56.0 Å². The zero-order valence-corrected chi connectivity index (χ0v) is 13.8. The lowest BCUT2D eigenvalue weighted by Crippen LogP contribution is -2.39. The van der Waals surface area contributed by atoms with Crippen LogP contribution < -0.4 is 10.6 Å². The summed E-state index contributed by atoms with van der Waals surface area (Å²) in [6.07, 6.45) is 0.231. The fraction of sp³-hybridized carbons (Fsp3) is 0.471. The molecule has 0 radical (unpaired) electrons. The zero-order valence-electron chi connectivity index (χ0n) is 13.8. The maximum Gasteiger partial charge on any atom is 0.246 e. The van der Waals surface area contributed by atoms with Gasteiger partial charge in [0.1, 0.15) is 6.61 Å². The van der Waals surface area contributed by atoms with Crippen molar-refractivity contribution in [2.24, 2.45) is 5.92 Å². The first-order valence-corrected chi connectivity index (χ1v) is 7.95. The van der Waals surface area contributed by atoms with Crippen LogP contribution in [0.5, 0.6) is 0 Å². The second kappa shape index (κ2) is 9.02. The van der Waals surface area contributed by atoms with Crippen LogP contribution >= 0.6 is 0 Å². The molecule has 1 aromatic rings. The van der Waals surface area contributed by atoms with E-state index in [-0.39, 0.29) is 36.7 Å². The number of nitrogens with one attached hydrogen (secondary N) is 2. The van der Waals surface area contributed by atoms with Gasteiger partial charge in [-0.3, -0.25) is 14.4 Å². The van der Waals surface area contributed by atoms with Crippen molar-refractivity contribution >= 4 is 17.7 Å². The fourth-order valence-electron chi connectivity index (χ4n) is 2.62. The predicted molar refractivity (Wildman–Crippen MR) is 87.9 cm³/mol. The van der Waals surface area contributed by atoms with E-state index in [1.165, 1.54) is 7.11 Å². The van der Waals surface area contributed by atoms with Gasteiger partial charge >= 0.3 is 0 Å². The van der Waals surface area contributed by atoms with Gasteiger partial charge in [-0.15, -0.1) is 0 Å². The summed E-state index contributed by atoms with van der Waals surface area (Å²) in [5.41, 5.74) is 1.05. The van der Waals surface area contributed by atoms with Crippen molar-refractivity contribution in [1.82, 2.24) is 15.5 Å². The second-order valence-electron chi connectivity index (χ2n) is 5.73. The Balaban J connectivity index is 1.72. The highest BCUT2D eigenvalue weighted by molar-refractivity contribution is 5.89. The van der Waals surface area contributed by atoms with E-state index in [0.29, 0.717) is 26.2 Å². The molecule has 130 valence electrons. The van der Waals surface area contributed by atoms with Crippen LogP contribution in [0.25, 0.3) is 0 Å². The van der Waals surface area contributed by atoms with Crippen LogP contribution in [0.1, 0.15) is 12.0 Å². The average molecular weight is 333 g/mol. The lowest BCUT2D eigenvalue weighted by molar-refractivity contribution is -0.129. The Kier molecular flexibility index (Phi) is 6.74. The molecule has 1 unspecified atom stereocenters. The Morgan fingerprint density at radius 3 is 2.62 bits per heavy atom. The minimum absolute atomic E-state index is 0.000477. The molecule has 0 aromatic heterocycles. The molecule has 1 aliphatic heterocycles. The van der Waals surface area contributed by atoms with Gasteiger partial charge in [0, 0.05) is 39.7 Å². The number of hydrogen-bond acceptors (Lipinski definition) is 4. The maximum absolute atomic E-state index is 12.1. The van der Waals surface area contributed by atoms with Gasteiger partial charge in [-0.2, -0.15) is 0 Å². The first-order chi connectivity index (χ1) is 11.6. The van der Waals surface area contributed by atoms with Crippen molar-refractivity contribution in [3.8, 4) is 0 Å². The van der Waals surface area contributed by atoms with Gasteiger partial charge in [-0.1, -0.05) is 30.3 Å². The molecular weight excluding hydrogens is 310 g/mol. The molecular formula is C17H23N3O4. The van der Waals surface area contributed by atoms with Crippen molar-refractivity contribution < 1.29 is 19.1 Å². The molecule has 0 bridgehead atoms. The topological polar surface area (TPSA) is 87.7 Å². The summed E-state index contributed by atoms with van der Waals surface area (Å²) in [6.45, 7) is 1.62. The van der Waals surface area contributed by atoms with Crippen molar-refractivity contribution in [3.05, 3.63) is 35.9 Å². The molecule has 24 heavy (non-hydrogen) atoms. The van der Waals surface area contributed by atoms with Gasteiger partial charge in [0.05, 0.1) is 5.92 Å². The standard InChI is InChI=1S/C17H23N3O4/c1-24-12-15(21)18-7-8-19-17(23)14-9-16(22)20(11-14)10-13-5-3-2-4-6-13/h2-6,14H,7-12H2,1H3,(H,18,21)(H,19,23). The number of likely N-dealkylation sites (tertiary alicyclic amines) is 1. The predicted octanol–water partition coefficient (Wildman–Crippen LogP) is -0.0861. The van der Waals surface area contributed by atoms with Crippen LogP contribution in [0.3, 0.4) is 0 Å². The summed E-state index contributed by atoms with van der Waals surface area (Å²) >= 11 is 0. The van der Waals surface area contributed by atoms with Gasteiger partial charge in [0.2, 0.25) is 17.7 Å². The van der Waals surface area contributed by atoms with E-state index < -0.39 is 0 Å². The van der Waals surface area contributed by atoms with E-state index in [2.05, 4.69) is 10.6 Å². The highest BCUT2D eigenvalue weighted by Gasteiger charge is 2.33. The van der Waals surface area contributed by atoms with Crippen molar-refractivity contribution in [3.63, 3.8) is 0 Å². The summed E-state index contributed by atoms with van der Waals surface area (Å²) in [4.78, 5) is 37.1. The Morgan fingerprint density at radius 2 is 1.92 bits per heavy atom. The molecule has 1 saturated heterocycles. The van der Waals surface area contributed by atoms with Gasteiger partial charge in [-0.25, -0.2) is 0 Å². The Hall–Kier alpha value is -2.41. The van der Waals surface area contributed by atoms with Crippen molar-refractivity contribution in [2.45, 2.75) is 13.0 Å². The first kappa shape index (κ1) is 17.9. The van der Waals surface area contributed by atoms with Gasteiger partial charge in [-0.05, 0) is 5.56 Å². The second-order valence-corrected chi connectivity index (χ2v) is 5.73. The number of benzene rings is 1. The largest absolute Gasteiger partial charge is 0.375 e. The van der Waals surface area contributed by atoms with E-state index in [1.54, 1.807) is 4.90 Å². The van der Waals surface area contributed by atoms with Crippen molar-refractivity contribution in [1.29, 1.82) is 0 Å². The van der Waals surface area contributed by atoms with E-state index in [9.17, 15) is 14.4 Å². The SMILES string of the molecule is COCC(=O)NCCNC(=O)C1CC(=O)N(Cc2ccccc2)C1. The van der Waals surface area contributed by atoms with Crippen LogP contribution in [0.4, 0.5) is 0 Å². The fourth-order valence-corrected chi connectivity index (χ4v) is 2.62. The molecule has 0 spiro atoms. The quantitative estimate of drug-likeness (QED) is 0.651. The number of nitrogens with zero attached hydrogens (tertiary/aromatic N) is 1. The average Bonchev–Trinajstić information content (AvgIpc) is 2.93. The van der Waals surface area contributed by atoms with Crippen LogP contribution in [0.15, 0.2) is 30.3 Å². The van der Waals surface area contributed by atoms with Crippen LogP contribution in [-0.2, 0) is 25.7 Å². The Morgan fingerprint density at radius 1 is 1.21 bits per heavy atom. The minimum Gasteiger partial charge on any atom is -0.375 e. The number of carbonyl (C=O) groups is 3. The molecule has 2 N–H and O–H groups in total. The highest BCUT2D eigenvalue weighted by Crippen LogP contribution is 2.20. The third kappa shape index (κ3) is 5.34. The smallest absolute Gasteiger partial charge is 0.246 e. The summed E-state index contributed by atoms with van der Waals surface area (Å²) < 4.78 is 4.69. The third-order valence-corrected chi connectivity index (χ3v) is 3.82. The molecule has 1 aliphatic rings. The normalized spacial score (nSPS) is 17.0. The molecule has 3 amide bonds. The number of ether oxygens (including phenoxy) is 1. The van der Waals surface area contributed by atoms with E-state index in [1.807, 2.05) is 30.3 Å². The number of carbonyl (C=O) groups excluding carboxylic acids is 3. The van der Waals surface area contributed by atoms with Crippen LogP contribution in [0, 0.1) is 5.92 Å². The number of rotatable bonds is 8. The Labute approximate surface area is 141 Å². The molecule has 1 aromatic carbocycles. The van der Waals surface area contributed by atoms with Crippen LogP contribution in [0.2, 0.25) is 0 Å². The molecule has 0 aliphatic carbocycles. The summed E-state index contributed by atoms with van der Waals surface area (Å²) in [7, 11) is 1.44. The summed E-state index contributed by atoms with van der Waals surface area (Å²) in [5.74, 6) is -0.722. The van der Waals surface area contributed by atoms with Gasteiger partial charge in [0.25, 0.3) is 0 Å². The van der Waals surface area contributed by atoms with Crippen molar-refractivity contribution in [2.75, 3.05) is 33.4 Å². The lowest BCUT2D eigenvalue weighted by Gasteiger charge is -2.16. The molecule has 1 heterocycles.